The lowest BCUT2D eigenvalue weighted by atomic mass is 10.2. The zero-order valence-electron chi connectivity index (χ0n) is 11.9. The number of amides is 2. The largest absolute Gasteiger partial charge is 0.337 e. The van der Waals surface area contributed by atoms with Crippen molar-refractivity contribution in [3.05, 3.63) is 29.3 Å². The highest BCUT2D eigenvalue weighted by molar-refractivity contribution is 7.15. The topological polar surface area (TPSA) is 71.8 Å². The van der Waals surface area contributed by atoms with Crippen molar-refractivity contribution in [2.75, 3.05) is 11.9 Å². The summed E-state index contributed by atoms with van der Waals surface area (Å²) in [5, 5.41) is 6.25. The summed E-state index contributed by atoms with van der Waals surface area (Å²) >= 11 is 1.49. The second-order valence-electron chi connectivity index (χ2n) is 4.86. The van der Waals surface area contributed by atoms with Crippen molar-refractivity contribution in [1.82, 2.24) is 19.9 Å². The van der Waals surface area contributed by atoms with Crippen LogP contribution in [0.5, 0.6) is 0 Å². The van der Waals surface area contributed by atoms with Crippen LogP contribution in [0.15, 0.2) is 18.7 Å². The van der Waals surface area contributed by atoms with Crippen LogP contribution in [0.2, 0.25) is 0 Å². The number of rotatable bonds is 5. The molecule has 0 radical (unpaired) electrons. The first-order valence-corrected chi connectivity index (χ1v) is 7.31. The van der Waals surface area contributed by atoms with Gasteiger partial charge in [0.25, 0.3) is 0 Å². The lowest BCUT2D eigenvalue weighted by Gasteiger charge is -2.13. The van der Waals surface area contributed by atoms with Crippen LogP contribution in [0, 0.1) is 19.8 Å². The highest BCUT2D eigenvalue weighted by Gasteiger charge is 2.09. The minimum Gasteiger partial charge on any atom is -0.337 e. The van der Waals surface area contributed by atoms with Gasteiger partial charge in [0, 0.05) is 30.4 Å². The first-order valence-electron chi connectivity index (χ1n) is 6.49. The molecule has 0 bridgehead atoms. The minimum absolute atomic E-state index is 0.212. The van der Waals surface area contributed by atoms with E-state index >= 15 is 0 Å². The van der Waals surface area contributed by atoms with Crippen molar-refractivity contribution in [2.24, 2.45) is 5.92 Å². The number of imidazole rings is 1. The Labute approximate surface area is 122 Å². The van der Waals surface area contributed by atoms with Gasteiger partial charge in [-0.2, -0.15) is 0 Å². The molecule has 2 N–H and O–H groups in total. The Morgan fingerprint density at radius 2 is 2.30 bits per heavy atom. The number of hydrogen-bond acceptors (Lipinski definition) is 4. The molecule has 0 aromatic carbocycles. The molecule has 6 nitrogen and oxygen atoms in total. The summed E-state index contributed by atoms with van der Waals surface area (Å²) < 4.78 is 2.00. The number of carbonyl (C=O) groups excluding carboxylic acids is 1. The molecule has 2 heterocycles. The number of carbonyl (C=O) groups is 1. The number of aryl methyl sites for hydroxylation is 2. The van der Waals surface area contributed by atoms with Gasteiger partial charge < -0.3 is 9.88 Å². The summed E-state index contributed by atoms with van der Waals surface area (Å²) in [6.45, 7) is 7.44. The maximum atomic E-state index is 11.8. The molecular formula is C13H19N5OS. The zero-order chi connectivity index (χ0) is 14.5. The van der Waals surface area contributed by atoms with Crippen molar-refractivity contribution < 1.29 is 4.79 Å². The Morgan fingerprint density at radius 1 is 1.50 bits per heavy atom. The van der Waals surface area contributed by atoms with E-state index in [4.69, 9.17) is 0 Å². The summed E-state index contributed by atoms with van der Waals surface area (Å²) in [6, 6.07) is -0.212. The van der Waals surface area contributed by atoms with Gasteiger partial charge in [-0.15, -0.1) is 11.3 Å². The summed E-state index contributed by atoms with van der Waals surface area (Å²) in [4.78, 5) is 21.1. The Hall–Kier alpha value is -1.89. The van der Waals surface area contributed by atoms with E-state index in [1.807, 2.05) is 24.6 Å². The van der Waals surface area contributed by atoms with E-state index in [1.54, 1.807) is 12.5 Å². The average Bonchev–Trinajstić information content (AvgIpc) is 2.98. The van der Waals surface area contributed by atoms with Crippen LogP contribution in [0.4, 0.5) is 9.93 Å². The number of nitrogens with zero attached hydrogens (tertiary/aromatic N) is 3. The Balaban J connectivity index is 1.74. The van der Waals surface area contributed by atoms with Gasteiger partial charge in [0.2, 0.25) is 0 Å². The van der Waals surface area contributed by atoms with Crippen molar-refractivity contribution in [3.63, 3.8) is 0 Å². The van der Waals surface area contributed by atoms with Crippen molar-refractivity contribution in [2.45, 2.75) is 27.3 Å². The predicted octanol–water partition coefficient (Wildman–Crippen LogP) is 2.41. The Bertz CT molecular complexity index is 544. The molecule has 2 aromatic heterocycles. The molecule has 0 spiro atoms. The normalized spacial score (nSPS) is 12.2. The summed E-state index contributed by atoms with van der Waals surface area (Å²) in [5.41, 5.74) is 0.957. The fourth-order valence-electron chi connectivity index (χ4n) is 1.75. The third kappa shape index (κ3) is 4.06. The number of aromatic nitrogens is 3. The molecule has 0 aliphatic carbocycles. The molecule has 7 heteroatoms. The summed E-state index contributed by atoms with van der Waals surface area (Å²) in [7, 11) is 0. The van der Waals surface area contributed by atoms with Crippen LogP contribution in [0.3, 0.4) is 0 Å². The molecule has 2 rings (SSSR count). The Kier molecular flexibility index (Phi) is 4.73. The summed E-state index contributed by atoms with van der Waals surface area (Å²) in [6.07, 6.45) is 5.44. The number of nitrogens with one attached hydrogen (secondary N) is 2. The molecule has 0 saturated carbocycles. The standard InChI is InChI=1S/C13H19N5OS/c1-9(7-18-5-4-14-8-18)6-15-12(19)17-13-16-10(2)11(3)20-13/h4-5,8-9H,6-7H2,1-3H3,(H2,15,16,17,19)/t9-/m0/s1. The van der Waals surface area contributed by atoms with Gasteiger partial charge in [-0.3, -0.25) is 5.32 Å². The monoisotopic (exact) mass is 293 g/mol. The fraction of sp³-hybridized carbons (Fsp3) is 0.462. The molecule has 108 valence electrons. The van der Waals surface area contributed by atoms with Crippen LogP contribution in [0.1, 0.15) is 17.5 Å². The van der Waals surface area contributed by atoms with E-state index in [-0.39, 0.29) is 6.03 Å². The van der Waals surface area contributed by atoms with Gasteiger partial charge in [0.15, 0.2) is 5.13 Å². The molecule has 0 fully saturated rings. The molecule has 2 aromatic rings. The van der Waals surface area contributed by atoms with E-state index in [0.29, 0.717) is 17.6 Å². The first kappa shape index (κ1) is 14.5. The van der Waals surface area contributed by atoms with Gasteiger partial charge in [-0.25, -0.2) is 14.8 Å². The van der Waals surface area contributed by atoms with Gasteiger partial charge >= 0.3 is 6.03 Å². The highest BCUT2D eigenvalue weighted by Crippen LogP contribution is 2.20. The molecule has 0 aliphatic heterocycles. The van der Waals surface area contributed by atoms with E-state index < -0.39 is 0 Å². The summed E-state index contributed by atoms with van der Waals surface area (Å²) in [5.74, 6) is 0.328. The van der Waals surface area contributed by atoms with Crippen LogP contribution in [-0.2, 0) is 6.54 Å². The third-order valence-electron chi connectivity index (χ3n) is 2.94. The fourth-order valence-corrected chi connectivity index (χ4v) is 2.56. The van der Waals surface area contributed by atoms with Crippen LogP contribution >= 0.6 is 11.3 Å². The maximum Gasteiger partial charge on any atom is 0.321 e. The van der Waals surface area contributed by atoms with Crippen LogP contribution in [-0.4, -0.2) is 27.1 Å². The molecule has 0 saturated heterocycles. The molecular weight excluding hydrogens is 274 g/mol. The number of thiazole rings is 1. The van der Waals surface area contributed by atoms with Gasteiger partial charge in [-0.1, -0.05) is 6.92 Å². The lowest BCUT2D eigenvalue weighted by Crippen LogP contribution is -2.33. The second kappa shape index (κ2) is 6.51. The maximum absolute atomic E-state index is 11.8. The minimum atomic E-state index is -0.212. The van der Waals surface area contributed by atoms with Gasteiger partial charge in [0.05, 0.1) is 12.0 Å². The van der Waals surface area contributed by atoms with E-state index in [0.717, 1.165) is 17.1 Å². The Morgan fingerprint density at radius 3 is 2.90 bits per heavy atom. The average molecular weight is 293 g/mol. The zero-order valence-corrected chi connectivity index (χ0v) is 12.7. The first-order chi connectivity index (χ1) is 9.54. The SMILES string of the molecule is Cc1nc(NC(=O)NC[C@H](C)Cn2ccnc2)sc1C. The third-order valence-corrected chi connectivity index (χ3v) is 3.93. The number of hydrogen-bond donors (Lipinski definition) is 2. The number of anilines is 1. The second-order valence-corrected chi connectivity index (χ2v) is 6.06. The van der Waals surface area contributed by atoms with Crippen molar-refractivity contribution >= 4 is 22.5 Å². The van der Waals surface area contributed by atoms with Crippen molar-refractivity contribution in [1.29, 1.82) is 0 Å². The predicted molar refractivity (Wildman–Crippen MR) is 80.0 cm³/mol. The van der Waals surface area contributed by atoms with Gasteiger partial charge in [-0.05, 0) is 19.8 Å². The van der Waals surface area contributed by atoms with E-state index in [9.17, 15) is 4.79 Å². The molecule has 2 amide bonds. The van der Waals surface area contributed by atoms with Crippen LogP contribution in [0.25, 0.3) is 0 Å². The van der Waals surface area contributed by atoms with E-state index in [2.05, 4.69) is 27.5 Å². The van der Waals surface area contributed by atoms with E-state index in [1.165, 1.54) is 11.3 Å². The lowest BCUT2D eigenvalue weighted by molar-refractivity contribution is 0.250. The smallest absolute Gasteiger partial charge is 0.321 e. The molecule has 0 aliphatic rings. The van der Waals surface area contributed by atoms with Crippen LogP contribution < -0.4 is 10.6 Å². The molecule has 1 atom stereocenters. The van der Waals surface area contributed by atoms with Crippen molar-refractivity contribution in [3.8, 4) is 0 Å². The number of urea groups is 1. The molecule has 20 heavy (non-hydrogen) atoms. The highest BCUT2D eigenvalue weighted by atomic mass is 32.1. The molecule has 0 unspecified atom stereocenters. The van der Waals surface area contributed by atoms with Gasteiger partial charge in [0.1, 0.15) is 0 Å². The quantitative estimate of drug-likeness (QED) is 0.889.